The van der Waals surface area contributed by atoms with Crippen molar-refractivity contribution in [2.24, 2.45) is 0 Å². The molecule has 0 radical (unpaired) electrons. The SMILES string of the molecule is CC[C@@H](c1nnnn1C(C)C)N1CCN(C2CCCC2)CC1. The molecule has 0 spiro atoms. The van der Waals surface area contributed by atoms with Crippen LogP contribution in [0.1, 0.15) is 70.8 Å². The predicted molar refractivity (Wildman–Crippen MR) is 86.6 cm³/mol. The van der Waals surface area contributed by atoms with Crippen LogP contribution >= 0.6 is 0 Å². The molecule has 0 N–H and O–H groups in total. The lowest BCUT2D eigenvalue weighted by Gasteiger charge is -2.41. The van der Waals surface area contributed by atoms with Crippen molar-refractivity contribution in [2.45, 2.75) is 71.0 Å². The van der Waals surface area contributed by atoms with Crippen LogP contribution in [0, 0.1) is 0 Å². The van der Waals surface area contributed by atoms with Gasteiger partial charge < -0.3 is 0 Å². The zero-order valence-corrected chi connectivity index (χ0v) is 14.3. The minimum Gasteiger partial charge on any atom is -0.298 e. The molecule has 1 atom stereocenters. The predicted octanol–water partition coefficient (Wildman–Crippen LogP) is 2.27. The number of nitrogens with zero attached hydrogens (tertiary/aromatic N) is 6. The highest BCUT2D eigenvalue weighted by Crippen LogP contribution is 2.28. The second-order valence-corrected chi connectivity index (χ2v) is 7.01. The van der Waals surface area contributed by atoms with Gasteiger partial charge in [-0.2, -0.15) is 0 Å². The van der Waals surface area contributed by atoms with Gasteiger partial charge in [-0.1, -0.05) is 19.8 Å². The number of tetrazole rings is 1. The Morgan fingerprint density at radius 3 is 2.36 bits per heavy atom. The zero-order valence-electron chi connectivity index (χ0n) is 14.3. The van der Waals surface area contributed by atoms with E-state index < -0.39 is 0 Å². The summed E-state index contributed by atoms with van der Waals surface area (Å²) < 4.78 is 1.98. The largest absolute Gasteiger partial charge is 0.298 e. The van der Waals surface area contributed by atoms with Crippen molar-refractivity contribution in [3.63, 3.8) is 0 Å². The van der Waals surface area contributed by atoms with E-state index in [0.717, 1.165) is 31.4 Å². The standard InChI is InChI=1S/C16H30N6/c1-4-15(16-17-18-19-22(16)13(2)3)21-11-9-20(10-12-21)14-7-5-6-8-14/h13-15H,4-12H2,1-3H3/t15-/m0/s1. The van der Waals surface area contributed by atoms with Crippen molar-refractivity contribution in [3.8, 4) is 0 Å². The number of hydrogen-bond donors (Lipinski definition) is 0. The van der Waals surface area contributed by atoms with Crippen LogP contribution in [0.15, 0.2) is 0 Å². The van der Waals surface area contributed by atoms with Gasteiger partial charge in [0.15, 0.2) is 5.82 Å². The van der Waals surface area contributed by atoms with E-state index in [-0.39, 0.29) is 0 Å². The summed E-state index contributed by atoms with van der Waals surface area (Å²) in [5, 5.41) is 12.4. The Balaban J connectivity index is 1.64. The van der Waals surface area contributed by atoms with Crippen LogP contribution in [0.2, 0.25) is 0 Å². The molecule has 0 unspecified atom stereocenters. The highest BCUT2D eigenvalue weighted by atomic mass is 15.6. The Hall–Kier alpha value is -1.01. The third-order valence-electron chi connectivity index (χ3n) is 5.32. The number of piperazine rings is 1. The Morgan fingerprint density at radius 2 is 1.77 bits per heavy atom. The van der Waals surface area contributed by atoms with Crippen LogP contribution in [0.4, 0.5) is 0 Å². The average molecular weight is 306 g/mol. The lowest BCUT2D eigenvalue weighted by atomic mass is 10.1. The van der Waals surface area contributed by atoms with E-state index in [1.165, 1.54) is 38.8 Å². The number of hydrogen-bond acceptors (Lipinski definition) is 5. The molecule has 1 aliphatic heterocycles. The van der Waals surface area contributed by atoms with Crippen molar-refractivity contribution < 1.29 is 0 Å². The van der Waals surface area contributed by atoms with Crippen molar-refractivity contribution in [1.29, 1.82) is 0 Å². The molecular formula is C16H30N6. The van der Waals surface area contributed by atoms with E-state index in [2.05, 4.69) is 46.1 Å². The van der Waals surface area contributed by atoms with Gasteiger partial charge in [-0.3, -0.25) is 9.80 Å². The molecule has 3 rings (SSSR count). The fraction of sp³-hybridized carbons (Fsp3) is 0.938. The number of aromatic nitrogens is 4. The second kappa shape index (κ2) is 7.04. The summed E-state index contributed by atoms with van der Waals surface area (Å²) in [5.41, 5.74) is 0. The lowest BCUT2D eigenvalue weighted by molar-refractivity contribution is 0.0640. The molecule has 0 aromatic carbocycles. The van der Waals surface area contributed by atoms with E-state index in [1.807, 2.05) is 4.68 Å². The maximum absolute atomic E-state index is 4.33. The monoisotopic (exact) mass is 306 g/mol. The van der Waals surface area contributed by atoms with Gasteiger partial charge in [-0.25, -0.2) is 4.68 Å². The summed E-state index contributed by atoms with van der Waals surface area (Å²) in [6.07, 6.45) is 6.72. The molecule has 2 fully saturated rings. The molecule has 1 saturated carbocycles. The van der Waals surface area contributed by atoms with E-state index in [9.17, 15) is 0 Å². The first-order valence-electron chi connectivity index (χ1n) is 8.96. The third-order valence-corrected chi connectivity index (χ3v) is 5.32. The Morgan fingerprint density at radius 1 is 1.09 bits per heavy atom. The minimum absolute atomic E-state index is 0.318. The van der Waals surface area contributed by atoms with Crippen molar-refractivity contribution in [2.75, 3.05) is 26.2 Å². The summed E-state index contributed by atoms with van der Waals surface area (Å²) in [7, 11) is 0. The molecule has 6 nitrogen and oxygen atoms in total. The van der Waals surface area contributed by atoms with Gasteiger partial charge >= 0.3 is 0 Å². The molecule has 22 heavy (non-hydrogen) atoms. The first-order valence-corrected chi connectivity index (χ1v) is 8.96. The summed E-state index contributed by atoms with van der Waals surface area (Å²) in [6.45, 7) is 11.2. The Bertz CT molecular complexity index is 457. The molecular weight excluding hydrogens is 276 g/mol. The molecule has 2 aliphatic rings. The van der Waals surface area contributed by atoms with Gasteiger partial charge in [-0.05, 0) is 43.5 Å². The zero-order chi connectivity index (χ0) is 15.5. The summed E-state index contributed by atoms with van der Waals surface area (Å²) >= 11 is 0. The second-order valence-electron chi connectivity index (χ2n) is 7.01. The van der Waals surface area contributed by atoms with E-state index in [1.54, 1.807) is 0 Å². The Labute approximate surface area is 133 Å². The molecule has 1 aliphatic carbocycles. The molecule has 0 amide bonds. The van der Waals surface area contributed by atoms with Gasteiger partial charge in [0.25, 0.3) is 0 Å². The van der Waals surface area contributed by atoms with Crippen molar-refractivity contribution in [1.82, 2.24) is 30.0 Å². The smallest absolute Gasteiger partial charge is 0.168 e. The molecule has 1 aromatic rings. The molecule has 124 valence electrons. The molecule has 1 saturated heterocycles. The fourth-order valence-corrected chi connectivity index (χ4v) is 4.08. The molecule has 2 heterocycles. The first kappa shape index (κ1) is 15.9. The minimum atomic E-state index is 0.318. The number of rotatable bonds is 5. The van der Waals surface area contributed by atoms with Crippen LogP contribution in [0.3, 0.4) is 0 Å². The van der Waals surface area contributed by atoms with Crippen LogP contribution in [-0.4, -0.2) is 62.2 Å². The van der Waals surface area contributed by atoms with Gasteiger partial charge in [0, 0.05) is 32.2 Å². The van der Waals surface area contributed by atoms with Crippen LogP contribution in [0.5, 0.6) is 0 Å². The van der Waals surface area contributed by atoms with Gasteiger partial charge in [0.05, 0.1) is 12.1 Å². The normalized spacial score (nSPS) is 23.5. The topological polar surface area (TPSA) is 50.1 Å². The summed E-state index contributed by atoms with van der Waals surface area (Å²) in [5.74, 6) is 1.03. The van der Waals surface area contributed by atoms with E-state index >= 15 is 0 Å². The van der Waals surface area contributed by atoms with Crippen LogP contribution in [0.25, 0.3) is 0 Å². The highest BCUT2D eigenvalue weighted by molar-refractivity contribution is 4.96. The maximum atomic E-state index is 4.33. The van der Waals surface area contributed by atoms with E-state index in [4.69, 9.17) is 0 Å². The lowest BCUT2D eigenvalue weighted by Crippen LogP contribution is -2.50. The third kappa shape index (κ3) is 3.18. The molecule has 1 aromatic heterocycles. The Kier molecular flexibility index (Phi) is 5.08. The molecule has 6 heteroatoms. The average Bonchev–Trinajstić information content (AvgIpc) is 3.20. The van der Waals surface area contributed by atoms with Crippen LogP contribution in [-0.2, 0) is 0 Å². The maximum Gasteiger partial charge on any atom is 0.168 e. The van der Waals surface area contributed by atoms with Gasteiger partial charge in [0.2, 0.25) is 0 Å². The van der Waals surface area contributed by atoms with Gasteiger partial charge in [-0.15, -0.1) is 5.10 Å². The van der Waals surface area contributed by atoms with Crippen LogP contribution < -0.4 is 0 Å². The molecule has 0 bridgehead atoms. The quantitative estimate of drug-likeness (QED) is 0.835. The van der Waals surface area contributed by atoms with Gasteiger partial charge in [0.1, 0.15) is 0 Å². The summed E-state index contributed by atoms with van der Waals surface area (Å²) in [6, 6.07) is 1.52. The fourth-order valence-electron chi connectivity index (χ4n) is 4.08. The highest BCUT2D eigenvalue weighted by Gasteiger charge is 2.31. The first-order chi connectivity index (χ1) is 10.7. The van der Waals surface area contributed by atoms with E-state index in [0.29, 0.717) is 12.1 Å². The van der Waals surface area contributed by atoms with Crippen molar-refractivity contribution >= 4 is 0 Å². The van der Waals surface area contributed by atoms with Crippen molar-refractivity contribution in [3.05, 3.63) is 5.82 Å². The summed E-state index contributed by atoms with van der Waals surface area (Å²) in [4.78, 5) is 5.29.